The number of aryl methyl sites for hydroxylation is 3. The molecule has 39 heavy (non-hydrogen) atoms. The highest BCUT2D eigenvalue weighted by Gasteiger charge is 2.29. The monoisotopic (exact) mass is 547 g/mol. The first kappa shape index (κ1) is 26.8. The van der Waals surface area contributed by atoms with Gasteiger partial charge in [-0.05, 0) is 57.7 Å². The Morgan fingerprint density at radius 2 is 1.87 bits per heavy atom. The fourth-order valence-electron chi connectivity index (χ4n) is 5.27. The Hall–Kier alpha value is -3.79. The molecular formula is C29H33N5O4S. The average Bonchev–Trinajstić information content (AvgIpc) is 3.51. The highest BCUT2D eigenvalue weighted by Crippen LogP contribution is 2.25. The second-order valence-electron chi connectivity index (χ2n) is 9.87. The maximum absolute atomic E-state index is 13.9. The van der Waals surface area contributed by atoms with Gasteiger partial charge in [0.2, 0.25) is 5.91 Å². The molecule has 1 aliphatic rings. The van der Waals surface area contributed by atoms with Crippen molar-refractivity contribution in [3.63, 3.8) is 0 Å². The van der Waals surface area contributed by atoms with Crippen LogP contribution in [0.15, 0.2) is 40.5 Å². The van der Waals surface area contributed by atoms with Crippen molar-refractivity contribution in [2.45, 2.75) is 53.4 Å². The third kappa shape index (κ3) is 5.13. The number of rotatable bonds is 7. The van der Waals surface area contributed by atoms with E-state index in [0.717, 1.165) is 17.8 Å². The molecule has 0 N–H and O–H groups in total. The zero-order valence-corrected chi connectivity index (χ0v) is 23.6. The summed E-state index contributed by atoms with van der Waals surface area (Å²) in [6.07, 6.45) is 2.13. The van der Waals surface area contributed by atoms with Crippen molar-refractivity contribution in [2.24, 2.45) is 5.92 Å². The number of ether oxygens (including phenoxy) is 1. The van der Waals surface area contributed by atoms with Crippen LogP contribution in [0, 0.1) is 19.8 Å². The summed E-state index contributed by atoms with van der Waals surface area (Å²) in [7, 11) is 0. The predicted molar refractivity (Wildman–Crippen MR) is 150 cm³/mol. The number of para-hydroxylation sites is 1. The fraction of sp³-hybridized carbons (Fsp3) is 0.414. The molecule has 0 aliphatic carbocycles. The minimum absolute atomic E-state index is 0.0673. The number of nitrogens with zero attached hydrogens (tertiary/aromatic N) is 5. The zero-order chi connectivity index (χ0) is 27.7. The van der Waals surface area contributed by atoms with Gasteiger partial charge in [-0.2, -0.15) is 5.10 Å². The predicted octanol–water partition coefficient (Wildman–Crippen LogP) is 4.13. The second-order valence-corrected chi connectivity index (χ2v) is 10.7. The van der Waals surface area contributed by atoms with Gasteiger partial charge in [-0.3, -0.25) is 18.8 Å². The number of thiazole rings is 1. The van der Waals surface area contributed by atoms with E-state index in [1.807, 2.05) is 48.2 Å². The van der Waals surface area contributed by atoms with Gasteiger partial charge >= 0.3 is 5.97 Å². The summed E-state index contributed by atoms with van der Waals surface area (Å²) in [6, 6.07) is 10.0. The van der Waals surface area contributed by atoms with Gasteiger partial charge in [0.1, 0.15) is 5.69 Å². The molecule has 5 rings (SSSR count). The van der Waals surface area contributed by atoms with Gasteiger partial charge in [0, 0.05) is 29.9 Å². The minimum atomic E-state index is -0.226. The van der Waals surface area contributed by atoms with Gasteiger partial charge in [-0.25, -0.2) is 9.67 Å². The minimum Gasteiger partial charge on any atom is -0.466 e. The van der Waals surface area contributed by atoms with Gasteiger partial charge in [-0.15, -0.1) is 11.3 Å². The standard InChI is InChI=1S/C29H33N5O4S/c1-5-20-9-7-8-10-24(20)34-18(3)15-23(31-34)26-19(4)30-29-33(27(26)36)22(17-39-29)16-25(35)32-13-11-21(12-14-32)28(37)38-6-2/h7-10,15,17,21H,5-6,11-14,16H2,1-4H3. The SMILES string of the molecule is CCOC(=O)C1CCN(C(=O)Cc2csc3nc(C)c(-c4cc(C)n(-c5ccccc5CC)n4)c(=O)n23)CC1. The molecule has 0 unspecified atom stereocenters. The summed E-state index contributed by atoms with van der Waals surface area (Å²) in [4.78, 5) is 46.1. The van der Waals surface area contributed by atoms with Crippen LogP contribution >= 0.6 is 11.3 Å². The van der Waals surface area contributed by atoms with E-state index < -0.39 is 0 Å². The van der Waals surface area contributed by atoms with Crippen molar-refractivity contribution >= 4 is 28.2 Å². The van der Waals surface area contributed by atoms with Gasteiger partial charge in [0.05, 0.1) is 35.9 Å². The van der Waals surface area contributed by atoms with Crippen LogP contribution < -0.4 is 5.56 Å². The van der Waals surface area contributed by atoms with Crippen LogP contribution in [0.5, 0.6) is 0 Å². The van der Waals surface area contributed by atoms with Crippen LogP contribution in [0.2, 0.25) is 0 Å². The molecule has 4 heterocycles. The van der Waals surface area contributed by atoms with Crippen LogP contribution in [-0.4, -0.2) is 55.6 Å². The van der Waals surface area contributed by atoms with E-state index in [1.54, 1.807) is 16.2 Å². The van der Waals surface area contributed by atoms with Crippen LogP contribution in [-0.2, 0) is 27.2 Å². The number of esters is 1. The summed E-state index contributed by atoms with van der Waals surface area (Å²) < 4.78 is 8.55. The quantitative estimate of drug-likeness (QED) is 0.323. The number of amides is 1. The number of carbonyl (C=O) groups excluding carboxylic acids is 2. The summed E-state index contributed by atoms with van der Waals surface area (Å²) in [5.41, 5.74) is 5.06. The number of fused-ring (bicyclic) bond motifs is 1. The topological polar surface area (TPSA) is 98.8 Å². The molecule has 1 aliphatic heterocycles. The van der Waals surface area contributed by atoms with Gasteiger partial charge < -0.3 is 9.64 Å². The first-order valence-electron chi connectivity index (χ1n) is 13.4. The lowest BCUT2D eigenvalue weighted by molar-refractivity contribution is -0.151. The van der Waals surface area contributed by atoms with Crippen molar-refractivity contribution in [1.29, 1.82) is 0 Å². The van der Waals surface area contributed by atoms with Gasteiger partial charge in [-0.1, -0.05) is 25.1 Å². The van der Waals surface area contributed by atoms with Crippen LogP contribution in [0.25, 0.3) is 21.9 Å². The van der Waals surface area contributed by atoms with E-state index in [4.69, 9.17) is 14.8 Å². The number of benzene rings is 1. The molecule has 0 saturated carbocycles. The fourth-order valence-corrected chi connectivity index (χ4v) is 6.20. The first-order chi connectivity index (χ1) is 18.8. The van der Waals surface area contributed by atoms with E-state index in [9.17, 15) is 14.4 Å². The van der Waals surface area contributed by atoms with Crippen molar-refractivity contribution in [3.8, 4) is 16.9 Å². The molecule has 10 heteroatoms. The van der Waals surface area contributed by atoms with Crippen molar-refractivity contribution in [3.05, 3.63) is 68.7 Å². The summed E-state index contributed by atoms with van der Waals surface area (Å²) >= 11 is 1.35. The zero-order valence-electron chi connectivity index (χ0n) is 22.8. The third-order valence-electron chi connectivity index (χ3n) is 7.37. The third-order valence-corrected chi connectivity index (χ3v) is 8.24. The lowest BCUT2D eigenvalue weighted by atomic mass is 9.97. The molecule has 1 saturated heterocycles. The van der Waals surface area contributed by atoms with Gasteiger partial charge in [0.15, 0.2) is 4.96 Å². The van der Waals surface area contributed by atoms with Crippen molar-refractivity contribution < 1.29 is 14.3 Å². The number of aromatic nitrogens is 4. The molecule has 4 aromatic rings. The average molecular weight is 548 g/mol. The largest absolute Gasteiger partial charge is 0.466 e. The maximum Gasteiger partial charge on any atom is 0.309 e. The van der Waals surface area contributed by atoms with Crippen molar-refractivity contribution in [1.82, 2.24) is 24.1 Å². The molecule has 0 spiro atoms. The molecular weight excluding hydrogens is 514 g/mol. The second kappa shape index (κ2) is 11.1. The molecule has 9 nitrogen and oxygen atoms in total. The number of hydrogen-bond acceptors (Lipinski definition) is 7. The lowest BCUT2D eigenvalue weighted by Crippen LogP contribution is -2.41. The van der Waals surface area contributed by atoms with Crippen LogP contribution in [0.4, 0.5) is 0 Å². The number of piperidine rings is 1. The number of carbonyl (C=O) groups is 2. The Bertz CT molecular complexity index is 1590. The van der Waals surface area contributed by atoms with Crippen LogP contribution in [0.1, 0.15) is 49.3 Å². The van der Waals surface area contributed by atoms with E-state index in [2.05, 4.69) is 13.0 Å². The number of likely N-dealkylation sites (tertiary alicyclic amines) is 1. The smallest absolute Gasteiger partial charge is 0.309 e. The van der Waals surface area contributed by atoms with Crippen molar-refractivity contribution in [2.75, 3.05) is 19.7 Å². The van der Waals surface area contributed by atoms with Gasteiger partial charge in [0.25, 0.3) is 5.56 Å². The molecule has 204 valence electrons. The normalized spacial score (nSPS) is 14.2. The molecule has 0 radical (unpaired) electrons. The maximum atomic E-state index is 13.9. The Balaban J connectivity index is 1.43. The molecule has 3 aromatic heterocycles. The van der Waals surface area contributed by atoms with E-state index in [0.29, 0.717) is 60.1 Å². The Morgan fingerprint density at radius 1 is 1.13 bits per heavy atom. The Labute approximate surface area is 231 Å². The highest BCUT2D eigenvalue weighted by atomic mass is 32.1. The summed E-state index contributed by atoms with van der Waals surface area (Å²) in [5, 5.41) is 6.65. The molecule has 0 atom stereocenters. The van der Waals surface area contributed by atoms with E-state index in [1.165, 1.54) is 16.9 Å². The Morgan fingerprint density at radius 3 is 2.59 bits per heavy atom. The summed E-state index contributed by atoms with van der Waals surface area (Å²) in [5.74, 6) is -0.423. The molecule has 1 amide bonds. The first-order valence-corrected chi connectivity index (χ1v) is 14.3. The van der Waals surface area contributed by atoms with E-state index in [-0.39, 0.29) is 29.8 Å². The van der Waals surface area contributed by atoms with E-state index >= 15 is 0 Å². The van der Waals surface area contributed by atoms with Crippen LogP contribution in [0.3, 0.4) is 0 Å². The number of hydrogen-bond donors (Lipinski definition) is 0. The highest BCUT2D eigenvalue weighted by molar-refractivity contribution is 7.15. The molecule has 0 bridgehead atoms. The summed E-state index contributed by atoms with van der Waals surface area (Å²) in [6.45, 7) is 9.05. The Kier molecular flexibility index (Phi) is 7.65. The molecule has 1 aromatic carbocycles. The molecule has 1 fully saturated rings. The lowest BCUT2D eigenvalue weighted by Gasteiger charge is -2.30.